The Morgan fingerprint density at radius 3 is 2.47 bits per heavy atom. The molecular formula is C36H39BrN4O8. The Morgan fingerprint density at radius 1 is 1.00 bits per heavy atom. The van der Waals surface area contributed by atoms with Crippen LogP contribution in [0.5, 0.6) is 23.0 Å². The highest BCUT2D eigenvalue weighted by atomic mass is 79.9. The van der Waals surface area contributed by atoms with Gasteiger partial charge in [-0.15, -0.1) is 6.58 Å². The highest BCUT2D eigenvalue weighted by Crippen LogP contribution is 2.36. The van der Waals surface area contributed by atoms with E-state index in [2.05, 4.69) is 43.7 Å². The Kier molecular flexibility index (Phi) is 13.2. The van der Waals surface area contributed by atoms with Gasteiger partial charge in [0, 0.05) is 15.7 Å². The minimum absolute atomic E-state index is 0.179. The number of carbonyl (C=O) groups is 3. The molecule has 0 saturated carbocycles. The van der Waals surface area contributed by atoms with Gasteiger partial charge in [-0.05, 0) is 80.3 Å². The molecule has 0 radical (unpaired) electrons. The minimum atomic E-state index is -0.782. The number of nitrogens with one attached hydrogen (secondary N) is 3. The van der Waals surface area contributed by atoms with Crippen LogP contribution in [0.3, 0.4) is 0 Å². The molecule has 258 valence electrons. The number of ether oxygens (including phenoxy) is 5. The molecule has 1 aliphatic rings. The Balaban J connectivity index is 1.42. The molecule has 12 nitrogen and oxygen atoms in total. The molecule has 0 unspecified atom stereocenters. The van der Waals surface area contributed by atoms with Gasteiger partial charge in [0.1, 0.15) is 6.61 Å². The summed E-state index contributed by atoms with van der Waals surface area (Å²) in [7, 11) is 1.44. The van der Waals surface area contributed by atoms with E-state index in [1.807, 2.05) is 37.3 Å². The lowest BCUT2D eigenvalue weighted by Gasteiger charge is -2.28. The second-order valence-corrected chi connectivity index (χ2v) is 11.5. The SMILES string of the molecule is C=CCc1cc(/C=N\NC(=O)COc2ccc([C@@H]3NC(=O)NC(C)=C3C(=O)OCC)cc2OC)cc(OCC)c1OCc1ccc(Br)cc1. The zero-order valence-corrected chi connectivity index (χ0v) is 29.3. The van der Waals surface area contributed by atoms with Gasteiger partial charge in [-0.25, -0.2) is 15.0 Å². The molecule has 0 spiro atoms. The number of amides is 3. The first-order chi connectivity index (χ1) is 23.7. The van der Waals surface area contributed by atoms with Crippen molar-refractivity contribution in [2.24, 2.45) is 5.10 Å². The molecule has 49 heavy (non-hydrogen) atoms. The Labute approximate surface area is 293 Å². The second-order valence-electron chi connectivity index (χ2n) is 10.6. The molecule has 4 rings (SSSR count). The van der Waals surface area contributed by atoms with Crippen molar-refractivity contribution in [3.63, 3.8) is 0 Å². The van der Waals surface area contributed by atoms with Gasteiger partial charge in [-0.2, -0.15) is 5.10 Å². The lowest BCUT2D eigenvalue weighted by molar-refractivity contribution is -0.139. The maximum absolute atomic E-state index is 12.7. The molecule has 0 fully saturated rings. The molecule has 0 saturated heterocycles. The first-order valence-electron chi connectivity index (χ1n) is 15.5. The molecule has 3 aromatic carbocycles. The Bertz CT molecular complexity index is 1740. The average molecular weight is 736 g/mol. The van der Waals surface area contributed by atoms with Crippen molar-refractivity contribution in [2.45, 2.75) is 39.8 Å². The third kappa shape index (κ3) is 9.86. The van der Waals surface area contributed by atoms with E-state index >= 15 is 0 Å². The number of allylic oxidation sites excluding steroid dienone is 2. The van der Waals surface area contributed by atoms with E-state index in [0.717, 1.165) is 15.6 Å². The number of nitrogens with zero attached hydrogens (tertiary/aromatic N) is 1. The first-order valence-corrected chi connectivity index (χ1v) is 16.3. The van der Waals surface area contributed by atoms with Crippen LogP contribution in [-0.2, 0) is 27.4 Å². The third-order valence-electron chi connectivity index (χ3n) is 7.16. The lowest BCUT2D eigenvalue weighted by atomic mass is 9.95. The lowest BCUT2D eigenvalue weighted by Crippen LogP contribution is -2.45. The Hall–Kier alpha value is -5.30. The van der Waals surface area contributed by atoms with Crippen LogP contribution < -0.4 is 35.0 Å². The van der Waals surface area contributed by atoms with Crippen LogP contribution in [0, 0.1) is 0 Å². The van der Waals surface area contributed by atoms with E-state index in [1.165, 1.54) is 13.3 Å². The molecule has 3 N–H and O–H groups in total. The highest BCUT2D eigenvalue weighted by Gasteiger charge is 2.32. The third-order valence-corrected chi connectivity index (χ3v) is 7.69. The van der Waals surface area contributed by atoms with Crippen molar-refractivity contribution in [1.82, 2.24) is 16.1 Å². The summed E-state index contributed by atoms with van der Waals surface area (Å²) in [4.78, 5) is 37.5. The number of rotatable bonds is 16. The van der Waals surface area contributed by atoms with Crippen LogP contribution in [0.2, 0.25) is 0 Å². The van der Waals surface area contributed by atoms with Crippen molar-refractivity contribution in [3.8, 4) is 23.0 Å². The summed E-state index contributed by atoms with van der Waals surface area (Å²) in [5.74, 6) is 0.670. The van der Waals surface area contributed by atoms with E-state index in [-0.39, 0.29) is 24.5 Å². The largest absolute Gasteiger partial charge is 0.493 e. The number of hydrogen-bond donors (Lipinski definition) is 3. The maximum atomic E-state index is 12.7. The van der Waals surface area contributed by atoms with Crippen LogP contribution in [0.25, 0.3) is 0 Å². The molecular weight excluding hydrogens is 696 g/mol. The van der Waals surface area contributed by atoms with Crippen molar-refractivity contribution in [1.29, 1.82) is 0 Å². The maximum Gasteiger partial charge on any atom is 0.338 e. The van der Waals surface area contributed by atoms with Gasteiger partial charge in [0.05, 0.1) is 38.2 Å². The fourth-order valence-electron chi connectivity index (χ4n) is 4.99. The molecule has 0 aromatic heterocycles. The van der Waals surface area contributed by atoms with Gasteiger partial charge in [-0.3, -0.25) is 4.79 Å². The summed E-state index contributed by atoms with van der Waals surface area (Å²) in [6.07, 6.45) is 3.81. The normalized spacial score (nSPS) is 14.1. The van der Waals surface area contributed by atoms with Crippen LogP contribution in [-0.4, -0.2) is 51.1 Å². The topological polar surface area (TPSA) is 146 Å². The van der Waals surface area contributed by atoms with Crippen LogP contribution in [0.4, 0.5) is 4.79 Å². The van der Waals surface area contributed by atoms with Crippen molar-refractivity contribution < 1.29 is 38.1 Å². The van der Waals surface area contributed by atoms with E-state index in [9.17, 15) is 14.4 Å². The van der Waals surface area contributed by atoms with Gasteiger partial charge in [0.2, 0.25) is 0 Å². The molecule has 1 aliphatic heterocycles. The number of urea groups is 1. The van der Waals surface area contributed by atoms with Crippen LogP contribution in [0.15, 0.2) is 88.1 Å². The molecule has 1 heterocycles. The number of halogens is 1. The van der Waals surface area contributed by atoms with Gasteiger partial charge in [0.15, 0.2) is 29.6 Å². The van der Waals surface area contributed by atoms with Gasteiger partial charge in [0.25, 0.3) is 5.91 Å². The quantitative estimate of drug-likeness (QED) is 0.0716. The average Bonchev–Trinajstić information content (AvgIpc) is 3.07. The summed E-state index contributed by atoms with van der Waals surface area (Å²) >= 11 is 3.45. The number of carbonyl (C=O) groups excluding carboxylic acids is 3. The Morgan fingerprint density at radius 2 is 1.78 bits per heavy atom. The summed E-state index contributed by atoms with van der Waals surface area (Å²) in [5, 5.41) is 9.44. The zero-order valence-electron chi connectivity index (χ0n) is 27.8. The van der Waals surface area contributed by atoms with Gasteiger partial charge >= 0.3 is 12.0 Å². The number of benzene rings is 3. The van der Waals surface area contributed by atoms with Crippen molar-refractivity contribution in [2.75, 3.05) is 26.9 Å². The molecule has 0 aliphatic carbocycles. The second kappa shape index (κ2) is 17.7. The smallest absolute Gasteiger partial charge is 0.338 e. The van der Waals surface area contributed by atoms with Crippen LogP contribution >= 0.6 is 15.9 Å². The van der Waals surface area contributed by atoms with Crippen molar-refractivity contribution >= 4 is 40.1 Å². The summed E-state index contributed by atoms with van der Waals surface area (Å²) < 4.78 is 29.5. The summed E-state index contributed by atoms with van der Waals surface area (Å²) in [5.41, 5.74) is 6.22. The summed E-state index contributed by atoms with van der Waals surface area (Å²) in [6, 6.07) is 15.2. The molecule has 3 aromatic rings. The molecule has 3 amide bonds. The van der Waals surface area contributed by atoms with Crippen LogP contribution in [0.1, 0.15) is 49.1 Å². The fourth-order valence-corrected chi connectivity index (χ4v) is 5.25. The number of esters is 1. The number of hydrogen-bond acceptors (Lipinski definition) is 9. The molecule has 0 bridgehead atoms. The molecule has 13 heteroatoms. The number of hydrazone groups is 1. The van der Waals surface area contributed by atoms with Gasteiger partial charge < -0.3 is 34.3 Å². The summed E-state index contributed by atoms with van der Waals surface area (Å²) in [6.45, 7) is 9.69. The zero-order chi connectivity index (χ0) is 35.3. The van der Waals surface area contributed by atoms with E-state index in [1.54, 1.807) is 44.2 Å². The fraction of sp³-hybridized carbons (Fsp3) is 0.278. The van der Waals surface area contributed by atoms with E-state index in [0.29, 0.717) is 53.7 Å². The monoisotopic (exact) mass is 734 g/mol. The first kappa shape index (κ1) is 36.5. The van der Waals surface area contributed by atoms with Gasteiger partial charge in [-0.1, -0.05) is 40.2 Å². The highest BCUT2D eigenvalue weighted by molar-refractivity contribution is 9.10. The van der Waals surface area contributed by atoms with E-state index < -0.39 is 23.9 Å². The van der Waals surface area contributed by atoms with Crippen molar-refractivity contribution in [3.05, 3.63) is 105 Å². The standard InChI is InChI=1S/C36H39BrN4O8/c1-6-9-26-16-24(17-30(46-7-2)34(26)49-20-23-10-13-27(37)14-11-23)19-38-41-31(42)21-48-28-15-12-25(18-29(28)45-5)33-32(35(43)47-8-3)22(4)39-36(44)40-33/h6,10-19,33H,1,7-9,20-21H2,2-5H3,(H,41,42)(H2,39,40,44)/b38-19-/t33-/m0/s1. The predicted molar refractivity (Wildman–Crippen MR) is 188 cm³/mol. The minimum Gasteiger partial charge on any atom is -0.493 e. The number of methoxy groups -OCH3 is 1. The predicted octanol–water partition coefficient (Wildman–Crippen LogP) is 5.88. The van der Waals surface area contributed by atoms with E-state index in [4.69, 9.17) is 23.7 Å². The molecule has 1 atom stereocenters.